The molecule has 0 bridgehead atoms. The van der Waals surface area contributed by atoms with E-state index >= 15 is 0 Å². The molecule has 0 aliphatic heterocycles. The molecule has 4 aromatic rings. The maximum absolute atomic E-state index is 12.3. The van der Waals surface area contributed by atoms with Gasteiger partial charge in [0.05, 0.1) is 11.0 Å². The molecule has 0 saturated heterocycles. The van der Waals surface area contributed by atoms with Crippen LogP contribution in [0.1, 0.15) is 21.9 Å². The van der Waals surface area contributed by atoms with Crippen LogP contribution in [0.4, 0.5) is 5.69 Å². The second-order valence-electron chi connectivity index (χ2n) is 6.45. The second-order valence-corrected chi connectivity index (χ2v) is 6.45. The molecule has 2 aromatic carbocycles. The van der Waals surface area contributed by atoms with Crippen molar-refractivity contribution in [1.82, 2.24) is 14.5 Å². The molecule has 0 radical (unpaired) electrons. The number of carbonyl (C=O) groups excluding carboxylic acids is 1. The Kier molecular flexibility index (Phi) is 4.66. The van der Waals surface area contributed by atoms with Gasteiger partial charge in [0.1, 0.15) is 11.5 Å². The van der Waals surface area contributed by atoms with Crippen LogP contribution in [0.3, 0.4) is 0 Å². The van der Waals surface area contributed by atoms with E-state index in [1.54, 1.807) is 24.4 Å². The number of para-hydroxylation sites is 2. The van der Waals surface area contributed by atoms with Crippen molar-refractivity contribution < 1.29 is 4.79 Å². The summed E-state index contributed by atoms with van der Waals surface area (Å²) in [7, 11) is 2.05. The average molecular weight is 356 g/mol. The van der Waals surface area contributed by atoms with E-state index < -0.39 is 0 Å². The van der Waals surface area contributed by atoms with E-state index in [2.05, 4.69) is 27.0 Å². The van der Waals surface area contributed by atoms with E-state index in [1.165, 1.54) is 0 Å². The predicted octanol–water partition coefficient (Wildman–Crippen LogP) is 4.01. The fraction of sp³-hybridized carbons (Fsp3) is 0.136. The summed E-state index contributed by atoms with van der Waals surface area (Å²) in [5.41, 5.74) is 4.49. The Morgan fingerprint density at radius 3 is 2.67 bits per heavy atom. The zero-order chi connectivity index (χ0) is 18.6. The minimum absolute atomic E-state index is 0.205. The van der Waals surface area contributed by atoms with Crippen molar-refractivity contribution in [3.05, 3.63) is 90.0 Å². The number of hydrogen-bond donors (Lipinski definition) is 1. The van der Waals surface area contributed by atoms with Gasteiger partial charge in [0, 0.05) is 25.4 Å². The summed E-state index contributed by atoms with van der Waals surface area (Å²) in [5, 5.41) is 2.91. The van der Waals surface area contributed by atoms with E-state index in [4.69, 9.17) is 4.98 Å². The van der Waals surface area contributed by atoms with Gasteiger partial charge in [0.15, 0.2) is 0 Å². The van der Waals surface area contributed by atoms with Gasteiger partial charge in [-0.15, -0.1) is 0 Å². The Bertz CT molecular complexity index is 1090. The number of nitrogens with one attached hydrogen (secondary N) is 1. The number of fused-ring (bicyclic) bond motifs is 1. The van der Waals surface area contributed by atoms with Crippen LogP contribution in [0.25, 0.3) is 11.0 Å². The molecule has 27 heavy (non-hydrogen) atoms. The van der Waals surface area contributed by atoms with E-state index in [0.29, 0.717) is 5.69 Å². The molecule has 0 fully saturated rings. The zero-order valence-corrected chi connectivity index (χ0v) is 15.1. The monoisotopic (exact) mass is 356 g/mol. The van der Waals surface area contributed by atoms with E-state index in [0.717, 1.165) is 41.0 Å². The third-order valence-electron chi connectivity index (χ3n) is 4.60. The molecule has 5 heteroatoms. The molecule has 0 unspecified atom stereocenters. The van der Waals surface area contributed by atoms with Crippen molar-refractivity contribution in [3.63, 3.8) is 0 Å². The number of rotatable bonds is 5. The maximum Gasteiger partial charge on any atom is 0.274 e. The molecule has 0 spiro atoms. The lowest BCUT2D eigenvalue weighted by molar-refractivity contribution is 0.102. The third-order valence-corrected chi connectivity index (χ3v) is 4.60. The standard InChI is InChI=1S/C22H20N4O/c1-26-20-11-3-2-9-18(20)25-21(26)13-12-16-7-6-8-17(15-16)24-22(27)19-10-4-5-14-23-19/h2-11,14-15H,12-13H2,1H3,(H,24,27). The molecule has 2 aromatic heterocycles. The summed E-state index contributed by atoms with van der Waals surface area (Å²) in [5.74, 6) is 0.849. The molecule has 2 heterocycles. The van der Waals surface area contributed by atoms with E-state index in [-0.39, 0.29) is 5.91 Å². The number of anilines is 1. The van der Waals surface area contributed by atoms with Crippen LogP contribution in [0.15, 0.2) is 72.9 Å². The molecular formula is C22H20N4O. The van der Waals surface area contributed by atoms with Gasteiger partial charge in [0.2, 0.25) is 0 Å². The summed E-state index contributed by atoms with van der Waals surface area (Å²) in [6.45, 7) is 0. The van der Waals surface area contributed by atoms with Crippen molar-refractivity contribution in [2.45, 2.75) is 12.8 Å². The maximum atomic E-state index is 12.3. The molecule has 1 amide bonds. The Morgan fingerprint density at radius 1 is 1.00 bits per heavy atom. The average Bonchev–Trinajstić information content (AvgIpc) is 3.03. The number of aromatic nitrogens is 3. The first kappa shape index (κ1) is 17.0. The normalized spacial score (nSPS) is 10.9. The number of aryl methyl sites for hydroxylation is 3. The lowest BCUT2D eigenvalue weighted by atomic mass is 10.1. The van der Waals surface area contributed by atoms with Crippen molar-refractivity contribution in [2.75, 3.05) is 5.32 Å². The summed E-state index contributed by atoms with van der Waals surface area (Å²) in [6, 6.07) is 21.4. The fourth-order valence-corrected chi connectivity index (χ4v) is 3.17. The van der Waals surface area contributed by atoms with Gasteiger partial charge in [-0.1, -0.05) is 30.3 Å². The highest BCUT2D eigenvalue weighted by atomic mass is 16.1. The van der Waals surface area contributed by atoms with Gasteiger partial charge in [-0.25, -0.2) is 4.98 Å². The second kappa shape index (κ2) is 7.41. The topological polar surface area (TPSA) is 59.8 Å². The first-order valence-electron chi connectivity index (χ1n) is 8.92. The van der Waals surface area contributed by atoms with Gasteiger partial charge in [0.25, 0.3) is 5.91 Å². The molecule has 4 rings (SSSR count). The number of carbonyl (C=O) groups is 1. The molecule has 134 valence electrons. The molecule has 5 nitrogen and oxygen atoms in total. The van der Waals surface area contributed by atoms with Crippen LogP contribution in [-0.2, 0) is 19.9 Å². The first-order chi connectivity index (χ1) is 13.2. The van der Waals surface area contributed by atoms with Crippen molar-refractivity contribution >= 4 is 22.6 Å². The Balaban J connectivity index is 1.46. The summed E-state index contributed by atoms with van der Waals surface area (Å²) >= 11 is 0. The highest BCUT2D eigenvalue weighted by Crippen LogP contribution is 2.17. The minimum atomic E-state index is -0.205. The lowest BCUT2D eigenvalue weighted by Crippen LogP contribution is -2.13. The van der Waals surface area contributed by atoms with Crippen LogP contribution < -0.4 is 5.32 Å². The predicted molar refractivity (Wildman–Crippen MR) is 107 cm³/mol. The number of nitrogens with zero attached hydrogens (tertiary/aromatic N) is 3. The highest BCUT2D eigenvalue weighted by Gasteiger charge is 2.09. The fourth-order valence-electron chi connectivity index (χ4n) is 3.17. The summed E-state index contributed by atoms with van der Waals surface area (Å²) in [6.07, 6.45) is 3.30. The Hall–Kier alpha value is -3.47. The number of amides is 1. The quantitative estimate of drug-likeness (QED) is 0.588. The van der Waals surface area contributed by atoms with Crippen molar-refractivity contribution in [3.8, 4) is 0 Å². The Morgan fingerprint density at radius 2 is 1.85 bits per heavy atom. The van der Waals surface area contributed by atoms with Gasteiger partial charge in [-0.3, -0.25) is 9.78 Å². The largest absolute Gasteiger partial charge is 0.331 e. The van der Waals surface area contributed by atoms with Gasteiger partial charge in [-0.2, -0.15) is 0 Å². The van der Waals surface area contributed by atoms with Crippen molar-refractivity contribution in [1.29, 1.82) is 0 Å². The lowest BCUT2D eigenvalue weighted by Gasteiger charge is -2.07. The number of benzene rings is 2. The molecule has 0 aliphatic rings. The van der Waals surface area contributed by atoms with Gasteiger partial charge in [-0.05, 0) is 48.4 Å². The van der Waals surface area contributed by atoms with Crippen LogP contribution in [0.2, 0.25) is 0 Å². The molecule has 1 N–H and O–H groups in total. The zero-order valence-electron chi connectivity index (χ0n) is 15.1. The highest BCUT2D eigenvalue weighted by molar-refractivity contribution is 6.02. The first-order valence-corrected chi connectivity index (χ1v) is 8.92. The van der Waals surface area contributed by atoms with Crippen LogP contribution in [0, 0.1) is 0 Å². The molecule has 0 saturated carbocycles. The Labute approximate surface area is 157 Å². The minimum Gasteiger partial charge on any atom is -0.331 e. The summed E-state index contributed by atoms with van der Waals surface area (Å²) < 4.78 is 2.14. The SMILES string of the molecule is Cn1c(CCc2cccc(NC(=O)c3ccccn3)c2)nc2ccccc21. The number of hydrogen-bond acceptors (Lipinski definition) is 3. The van der Waals surface area contributed by atoms with Crippen LogP contribution >= 0.6 is 0 Å². The number of imidazole rings is 1. The number of pyridine rings is 1. The van der Waals surface area contributed by atoms with Crippen LogP contribution in [0.5, 0.6) is 0 Å². The third kappa shape index (κ3) is 3.72. The van der Waals surface area contributed by atoms with Gasteiger partial charge < -0.3 is 9.88 Å². The van der Waals surface area contributed by atoms with E-state index in [1.807, 2.05) is 43.4 Å². The summed E-state index contributed by atoms with van der Waals surface area (Å²) in [4.78, 5) is 21.1. The van der Waals surface area contributed by atoms with E-state index in [9.17, 15) is 4.79 Å². The molecular weight excluding hydrogens is 336 g/mol. The van der Waals surface area contributed by atoms with Gasteiger partial charge >= 0.3 is 0 Å². The van der Waals surface area contributed by atoms with Crippen molar-refractivity contribution in [2.24, 2.45) is 7.05 Å². The molecule has 0 atom stereocenters. The van der Waals surface area contributed by atoms with Crippen LogP contribution in [-0.4, -0.2) is 20.4 Å². The smallest absolute Gasteiger partial charge is 0.274 e. The molecule has 0 aliphatic carbocycles.